The lowest BCUT2D eigenvalue weighted by molar-refractivity contribution is 0.0862. The molecule has 2 N–H and O–H groups in total. The van der Waals surface area contributed by atoms with E-state index in [-0.39, 0.29) is 23.9 Å². The smallest absolute Gasteiger partial charge is 0.251 e. The molecule has 0 aromatic heterocycles. The molecule has 2 unspecified atom stereocenters. The highest BCUT2D eigenvalue weighted by Gasteiger charge is 2.28. The van der Waals surface area contributed by atoms with Crippen LogP contribution in [0.3, 0.4) is 0 Å². The number of amides is 2. The molecule has 4 nitrogen and oxygen atoms in total. The van der Waals surface area contributed by atoms with E-state index in [0.29, 0.717) is 11.1 Å². The van der Waals surface area contributed by atoms with E-state index in [2.05, 4.69) is 10.6 Å². The predicted molar refractivity (Wildman–Crippen MR) is 103 cm³/mol. The monoisotopic (exact) mass is 350 g/mol. The van der Waals surface area contributed by atoms with Crippen molar-refractivity contribution in [1.82, 2.24) is 10.6 Å². The molecular formula is C22H26N2O2. The molecular weight excluding hydrogens is 324 g/mol. The minimum Gasteiger partial charge on any atom is -0.347 e. The third-order valence-electron chi connectivity index (χ3n) is 4.96. The van der Waals surface area contributed by atoms with Crippen LogP contribution in [-0.2, 0) is 0 Å². The summed E-state index contributed by atoms with van der Waals surface area (Å²) in [5.41, 5.74) is 3.45. The molecule has 0 heterocycles. The molecule has 0 spiro atoms. The summed E-state index contributed by atoms with van der Waals surface area (Å²) in [5, 5.41) is 6.25. The molecule has 26 heavy (non-hydrogen) atoms. The maximum atomic E-state index is 12.6. The molecule has 2 aromatic rings. The van der Waals surface area contributed by atoms with Crippen LogP contribution >= 0.6 is 0 Å². The highest BCUT2D eigenvalue weighted by Crippen LogP contribution is 2.20. The van der Waals surface area contributed by atoms with Crippen LogP contribution in [0, 0.1) is 13.8 Å². The van der Waals surface area contributed by atoms with Gasteiger partial charge in [0, 0.05) is 23.2 Å². The van der Waals surface area contributed by atoms with Crippen LogP contribution in [0.5, 0.6) is 0 Å². The Balaban J connectivity index is 1.67. The summed E-state index contributed by atoms with van der Waals surface area (Å²) in [6.45, 7) is 3.95. The van der Waals surface area contributed by atoms with Crippen LogP contribution in [0.15, 0.2) is 48.5 Å². The lowest BCUT2D eigenvalue weighted by Crippen LogP contribution is -2.53. The molecule has 136 valence electrons. The van der Waals surface area contributed by atoms with Crippen LogP contribution in [0.2, 0.25) is 0 Å². The van der Waals surface area contributed by atoms with Gasteiger partial charge in [0.05, 0.1) is 0 Å². The summed E-state index contributed by atoms with van der Waals surface area (Å²) in [4.78, 5) is 25.2. The number of hydrogen-bond donors (Lipinski definition) is 2. The molecule has 4 heteroatoms. The molecule has 1 aliphatic carbocycles. The Bertz CT molecular complexity index is 733. The molecule has 0 saturated heterocycles. The number of hydrogen-bond acceptors (Lipinski definition) is 2. The fraction of sp³-hybridized carbons (Fsp3) is 0.364. The third-order valence-corrected chi connectivity index (χ3v) is 4.96. The maximum absolute atomic E-state index is 12.6. The Morgan fingerprint density at radius 3 is 1.58 bits per heavy atom. The van der Waals surface area contributed by atoms with Gasteiger partial charge in [-0.3, -0.25) is 9.59 Å². The van der Waals surface area contributed by atoms with Crippen molar-refractivity contribution < 1.29 is 9.59 Å². The van der Waals surface area contributed by atoms with Gasteiger partial charge < -0.3 is 10.6 Å². The quantitative estimate of drug-likeness (QED) is 0.882. The molecule has 2 amide bonds. The average molecular weight is 350 g/mol. The minimum atomic E-state index is -0.0737. The third kappa shape index (κ3) is 4.51. The second kappa shape index (κ2) is 8.17. The van der Waals surface area contributed by atoms with E-state index in [1.54, 1.807) is 0 Å². The van der Waals surface area contributed by atoms with E-state index in [4.69, 9.17) is 0 Å². The van der Waals surface area contributed by atoms with Crippen LogP contribution in [-0.4, -0.2) is 23.9 Å². The highest BCUT2D eigenvalue weighted by atomic mass is 16.2. The molecule has 2 aromatic carbocycles. The normalized spacial score (nSPS) is 19.6. The molecule has 0 bridgehead atoms. The fourth-order valence-electron chi connectivity index (χ4n) is 3.55. The van der Waals surface area contributed by atoms with Gasteiger partial charge in [-0.15, -0.1) is 0 Å². The Kier molecular flexibility index (Phi) is 5.71. The van der Waals surface area contributed by atoms with E-state index in [9.17, 15) is 9.59 Å². The molecule has 3 rings (SSSR count). The van der Waals surface area contributed by atoms with Crippen molar-refractivity contribution in [2.75, 3.05) is 0 Å². The van der Waals surface area contributed by atoms with E-state index in [1.165, 1.54) is 0 Å². The summed E-state index contributed by atoms with van der Waals surface area (Å²) < 4.78 is 0. The van der Waals surface area contributed by atoms with E-state index < -0.39 is 0 Å². The number of nitrogens with one attached hydrogen (secondary N) is 2. The van der Waals surface area contributed by atoms with Crippen LogP contribution in [0.4, 0.5) is 0 Å². The Morgan fingerprint density at radius 2 is 1.19 bits per heavy atom. The number of carbonyl (C=O) groups excluding carboxylic acids is 2. The zero-order chi connectivity index (χ0) is 18.5. The molecule has 0 radical (unpaired) electrons. The molecule has 0 aliphatic heterocycles. The van der Waals surface area contributed by atoms with Crippen molar-refractivity contribution in [1.29, 1.82) is 0 Å². The van der Waals surface area contributed by atoms with Gasteiger partial charge in [0.15, 0.2) is 0 Å². The first-order valence-electron chi connectivity index (χ1n) is 9.28. The van der Waals surface area contributed by atoms with Crippen molar-refractivity contribution in [3.63, 3.8) is 0 Å². The lowest BCUT2D eigenvalue weighted by atomic mass is 9.89. The van der Waals surface area contributed by atoms with E-state index in [0.717, 1.165) is 36.8 Å². The Morgan fingerprint density at radius 1 is 0.769 bits per heavy atom. The SMILES string of the molecule is Cc1cccc(C(=O)NC2CCCCC2NC(=O)c2cccc(C)c2)c1. The largest absolute Gasteiger partial charge is 0.347 e. The number of benzene rings is 2. The second-order valence-corrected chi connectivity index (χ2v) is 7.18. The van der Waals surface area contributed by atoms with Crippen LogP contribution in [0.1, 0.15) is 57.5 Å². The second-order valence-electron chi connectivity index (χ2n) is 7.18. The molecule has 1 saturated carbocycles. The van der Waals surface area contributed by atoms with Gasteiger partial charge >= 0.3 is 0 Å². The predicted octanol–water partition coefficient (Wildman–Crippen LogP) is 3.77. The van der Waals surface area contributed by atoms with Gasteiger partial charge in [0.1, 0.15) is 0 Å². The van der Waals surface area contributed by atoms with Crippen LogP contribution in [0.25, 0.3) is 0 Å². The summed E-state index contributed by atoms with van der Waals surface area (Å²) in [6, 6.07) is 15.1. The van der Waals surface area contributed by atoms with E-state index >= 15 is 0 Å². The highest BCUT2D eigenvalue weighted by molar-refractivity contribution is 5.95. The molecule has 2 atom stereocenters. The van der Waals surface area contributed by atoms with Gasteiger partial charge in [-0.2, -0.15) is 0 Å². The zero-order valence-corrected chi connectivity index (χ0v) is 15.4. The first-order chi connectivity index (χ1) is 12.5. The molecule has 1 fully saturated rings. The van der Waals surface area contributed by atoms with Gasteiger partial charge in [0.2, 0.25) is 0 Å². The standard InChI is InChI=1S/C22H26N2O2/c1-15-7-5-9-17(13-15)21(25)23-19-11-3-4-12-20(19)24-22(26)18-10-6-8-16(2)14-18/h5-10,13-14,19-20H,3-4,11-12H2,1-2H3,(H,23,25)(H,24,26). The summed E-state index contributed by atoms with van der Waals surface area (Å²) in [7, 11) is 0. The van der Waals surface area contributed by atoms with Gasteiger partial charge in [-0.25, -0.2) is 0 Å². The maximum Gasteiger partial charge on any atom is 0.251 e. The molecule has 1 aliphatic rings. The van der Waals surface area contributed by atoms with Crippen molar-refractivity contribution in [3.8, 4) is 0 Å². The summed E-state index contributed by atoms with van der Waals surface area (Å²) in [5.74, 6) is -0.147. The van der Waals surface area contributed by atoms with Gasteiger partial charge in [-0.1, -0.05) is 48.2 Å². The zero-order valence-electron chi connectivity index (χ0n) is 15.4. The van der Waals surface area contributed by atoms with Crippen LogP contribution < -0.4 is 10.6 Å². The number of carbonyl (C=O) groups is 2. The fourth-order valence-corrected chi connectivity index (χ4v) is 3.55. The minimum absolute atomic E-state index is 0.0366. The van der Waals surface area contributed by atoms with E-state index in [1.807, 2.05) is 62.4 Å². The lowest BCUT2D eigenvalue weighted by Gasteiger charge is -2.33. The van der Waals surface area contributed by atoms with Crippen molar-refractivity contribution in [2.24, 2.45) is 0 Å². The summed E-state index contributed by atoms with van der Waals surface area (Å²) >= 11 is 0. The Hall–Kier alpha value is -2.62. The summed E-state index contributed by atoms with van der Waals surface area (Å²) in [6.07, 6.45) is 3.90. The average Bonchev–Trinajstić information content (AvgIpc) is 2.63. The number of aryl methyl sites for hydroxylation is 2. The van der Waals surface area contributed by atoms with Crippen molar-refractivity contribution in [2.45, 2.75) is 51.6 Å². The van der Waals surface area contributed by atoms with Gasteiger partial charge in [0.25, 0.3) is 11.8 Å². The van der Waals surface area contributed by atoms with Crippen molar-refractivity contribution >= 4 is 11.8 Å². The Labute approximate surface area is 155 Å². The topological polar surface area (TPSA) is 58.2 Å². The van der Waals surface area contributed by atoms with Crippen molar-refractivity contribution in [3.05, 3.63) is 70.8 Å². The van der Waals surface area contributed by atoms with Gasteiger partial charge in [-0.05, 0) is 51.0 Å². The first-order valence-corrected chi connectivity index (χ1v) is 9.28. The number of rotatable bonds is 4. The first kappa shape index (κ1) is 18.2.